The van der Waals surface area contributed by atoms with Gasteiger partial charge in [0, 0.05) is 12.2 Å². The normalized spacial score (nSPS) is 26.5. The third-order valence-corrected chi connectivity index (χ3v) is 2.29. The predicted molar refractivity (Wildman–Crippen MR) is 51.3 cm³/mol. The van der Waals surface area contributed by atoms with E-state index in [4.69, 9.17) is 10.8 Å². The topological polar surface area (TPSA) is 71.2 Å². The van der Waals surface area contributed by atoms with E-state index < -0.39 is 0 Å². The number of nitrogens with one attached hydrogen (secondary N) is 1. The van der Waals surface area contributed by atoms with Gasteiger partial charge in [-0.15, -0.1) is 0 Å². The number of hydrogen-bond acceptors (Lipinski definition) is 4. The molecule has 0 amide bonds. The maximum Gasteiger partial charge on any atom is 0.149 e. The zero-order chi connectivity index (χ0) is 9.26. The standard InChI is InChI=1S/C9H13N3O/c10-8-2-1-3-11-9(8)12-6-4-7(13)5-6/h1-3,6-7,13H,4-5,10H2,(H,11,12)/t6-,7+. The maximum absolute atomic E-state index is 9.07. The van der Waals surface area contributed by atoms with Crippen molar-refractivity contribution in [3.05, 3.63) is 18.3 Å². The molecule has 0 saturated heterocycles. The van der Waals surface area contributed by atoms with Crippen LogP contribution in [0.5, 0.6) is 0 Å². The third kappa shape index (κ3) is 1.72. The minimum atomic E-state index is -0.151. The second-order valence-electron chi connectivity index (χ2n) is 3.41. The molecule has 4 nitrogen and oxygen atoms in total. The lowest BCUT2D eigenvalue weighted by Crippen LogP contribution is -2.39. The highest BCUT2D eigenvalue weighted by Crippen LogP contribution is 2.25. The van der Waals surface area contributed by atoms with Crippen LogP contribution < -0.4 is 11.1 Å². The average molecular weight is 179 g/mol. The number of hydrogen-bond donors (Lipinski definition) is 3. The van der Waals surface area contributed by atoms with Crippen molar-refractivity contribution in [2.45, 2.75) is 25.0 Å². The number of aliphatic hydroxyl groups is 1. The van der Waals surface area contributed by atoms with Gasteiger partial charge in [-0.1, -0.05) is 0 Å². The van der Waals surface area contributed by atoms with Crippen LogP contribution >= 0.6 is 0 Å². The van der Waals surface area contributed by atoms with Gasteiger partial charge in [0.05, 0.1) is 11.8 Å². The summed E-state index contributed by atoms with van der Waals surface area (Å²) in [4.78, 5) is 4.11. The molecule has 4 N–H and O–H groups in total. The van der Waals surface area contributed by atoms with E-state index in [1.807, 2.05) is 6.07 Å². The lowest BCUT2D eigenvalue weighted by Gasteiger charge is -2.32. The van der Waals surface area contributed by atoms with E-state index in [0.29, 0.717) is 11.7 Å². The van der Waals surface area contributed by atoms with Crippen LogP contribution in [0.25, 0.3) is 0 Å². The molecule has 70 valence electrons. The number of aliphatic hydroxyl groups excluding tert-OH is 1. The Morgan fingerprint density at radius 1 is 1.54 bits per heavy atom. The number of nitrogens with two attached hydrogens (primary N) is 1. The van der Waals surface area contributed by atoms with Crippen LogP contribution in [-0.2, 0) is 0 Å². The lowest BCUT2D eigenvalue weighted by molar-refractivity contribution is 0.0835. The van der Waals surface area contributed by atoms with Crippen LogP contribution in [-0.4, -0.2) is 22.2 Å². The van der Waals surface area contributed by atoms with Crippen molar-refractivity contribution >= 4 is 11.5 Å². The molecule has 0 unspecified atom stereocenters. The molecule has 1 aliphatic rings. The van der Waals surface area contributed by atoms with E-state index in [2.05, 4.69) is 10.3 Å². The first-order valence-corrected chi connectivity index (χ1v) is 4.41. The molecular formula is C9H13N3O. The summed E-state index contributed by atoms with van der Waals surface area (Å²) in [5, 5.41) is 12.3. The minimum Gasteiger partial charge on any atom is -0.396 e. The van der Waals surface area contributed by atoms with Crippen molar-refractivity contribution in [1.29, 1.82) is 0 Å². The van der Waals surface area contributed by atoms with Crippen LogP contribution in [0.1, 0.15) is 12.8 Å². The monoisotopic (exact) mass is 179 g/mol. The highest BCUT2D eigenvalue weighted by molar-refractivity contribution is 5.60. The molecule has 0 bridgehead atoms. The van der Waals surface area contributed by atoms with Crippen molar-refractivity contribution in [3.63, 3.8) is 0 Å². The SMILES string of the molecule is Nc1cccnc1N[C@H]1C[C@@H](O)C1. The highest BCUT2D eigenvalue weighted by atomic mass is 16.3. The molecule has 13 heavy (non-hydrogen) atoms. The van der Waals surface area contributed by atoms with Crippen LogP contribution in [0.3, 0.4) is 0 Å². The Labute approximate surface area is 76.8 Å². The number of anilines is 2. The Bertz CT molecular complexity index is 297. The fourth-order valence-corrected chi connectivity index (χ4v) is 1.44. The summed E-state index contributed by atoms with van der Waals surface area (Å²) < 4.78 is 0. The Morgan fingerprint density at radius 3 is 2.92 bits per heavy atom. The Kier molecular flexibility index (Phi) is 2.06. The molecule has 0 aromatic carbocycles. The van der Waals surface area contributed by atoms with E-state index in [1.54, 1.807) is 12.3 Å². The zero-order valence-corrected chi connectivity index (χ0v) is 7.27. The molecule has 1 fully saturated rings. The van der Waals surface area contributed by atoms with E-state index in [1.165, 1.54) is 0 Å². The number of nitrogens with zero attached hydrogens (tertiary/aromatic N) is 1. The fourth-order valence-electron chi connectivity index (χ4n) is 1.44. The molecule has 1 aromatic rings. The molecule has 1 aromatic heterocycles. The molecule has 0 atom stereocenters. The molecule has 0 aliphatic heterocycles. The van der Waals surface area contributed by atoms with Crippen molar-refractivity contribution in [1.82, 2.24) is 4.98 Å². The Morgan fingerprint density at radius 2 is 2.31 bits per heavy atom. The van der Waals surface area contributed by atoms with Gasteiger partial charge in [-0.05, 0) is 25.0 Å². The second-order valence-corrected chi connectivity index (χ2v) is 3.41. The average Bonchev–Trinajstić information content (AvgIpc) is 2.06. The molecular weight excluding hydrogens is 166 g/mol. The molecule has 2 rings (SSSR count). The summed E-state index contributed by atoms with van der Waals surface area (Å²) in [6.07, 6.45) is 3.13. The Balaban J connectivity index is 1.98. The molecule has 1 saturated carbocycles. The summed E-state index contributed by atoms with van der Waals surface area (Å²) in [5.74, 6) is 0.722. The summed E-state index contributed by atoms with van der Waals surface area (Å²) in [6.45, 7) is 0. The van der Waals surface area contributed by atoms with Crippen LogP contribution in [0, 0.1) is 0 Å². The highest BCUT2D eigenvalue weighted by Gasteiger charge is 2.27. The van der Waals surface area contributed by atoms with Gasteiger partial charge in [0.1, 0.15) is 5.82 Å². The maximum atomic E-state index is 9.07. The number of nitrogen functional groups attached to an aromatic ring is 1. The van der Waals surface area contributed by atoms with E-state index in [-0.39, 0.29) is 6.10 Å². The molecule has 0 spiro atoms. The minimum absolute atomic E-state index is 0.151. The predicted octanol–water partition coefficient (Wildman–Crippen LogP) is 0.599. The molecule has 1 heterocycles. The van der Waals surface area contributed by atoms with E-state index in [9.17, 15) is 0 Å². The van der Waals surface area contributed by atoms with Crippen molar-refractivity contribution in [2.75, 3.05) is 11.1 Å². The van der Waals surface area contributed by atoms with Gasteiger partial charge in [-0.3, -0.25) is 0 Å². The quantitative estimate of drug-likeness (QED) is 0.621. The lowest BCUT2D eigenvalue weighted by atomic mass is 9.89. The van der Waals surface area contributed by atoms with Crippen molar-refractivity contribution in [3.8, 4) is 0 Å². The first-order chi connectivity index (χ1) is 6.25. The van der Waals surface area contributed by atoms with Gasteiger partial charge in [0.25, 0.3) is 0 Å². The van der Waals surface area contributed by atoms with Gasteiger partial charge in [0.2, 0.25) is 0 Å². The van der Waals surface area contributed by atoms with Crippen molar-refractivity contribution in [2.24, 2.45) is 0 Å². The van der Waals surface area contributed by atoms with Crippen molar-refractivity contribution < 1.29 is 5.11 Å². The zero-order valence-electron chi connectivity index (χ0n) is 7.27. The number of aromatic nitrogens is 1. The Hall–Kier alpha value is -1.29. The third-order valence-electron chi connectivity index (χ3n) is 2.29. The largest absolute Gasteiger partial charge is 0.396 e. The summed E-state index contributed by atoms with van der Waals surface area (Å²) in [6, 6.07) is 3.94. The van der Waals surface area contributed by atoms with Gasteiger partial charge in [-0.2, -0.15) is 0 Å². The van der Waals surface area contributed by atoms with Gasteiger partial charge >= 0.3 is 0 Å². The fraction of sp³-hybridized carbons (Fsp3) is 0.444. The van der Waals surface area contributed by atoms with E-state index in [0.717, 1.165) is 18.7 Å². The van der Waals surface area contributed by atoms with Gasteiger partial charge < -0.3 is 16.2 Å². The number of pyridine rings is 1. The first kappa shape index (κ1) is 8.31. The molecule has 4 heteroatoms. The van der Waals surface area contributed by atoms with Gasteiger partial charge in [0.15, 0.2) is 0 Å². The van der Waals surface area contributed by atoms with Crippen LogP contribution in [0.4, 0.5) is 11.5 Å². The second kappa shape index (κ2) is 3.22. The van der Waals surface area contributed by atoms with Crippen LogP contribution in [0.15, 0.2) is 18.3 Å². The molecule has 0 radical (unpaired) electrons. The summed E-state index contributed by atoms with van der Waals surface area (Å²) in [7, 11) is 0. The summed E-state index contributed by atoms with van der Waals surface area (Å²) in [5.41, 5.74) is 6.35. The van der Waals surface area contributed by atoms with Crippen LogP contribution in [0.2, 0.25) is 0 Å². The first-order valence-electron chi connectivity index (χ1n) is 4.41. The van der Waals surface area contributed by atoms with Gasteiger partial charge in [-0.25, -0.2) is 4.98 Å². The number of rotatable bonds is 2. The molecule has 1 aliphatic carbocycles. The van der Waals surface area contributed by atoms with E-state index >= 15 is 0 Å². The smallest absolute Gasteiger partial charge is 0.149 e. The summed E-state index contributed by atoms with van der Waals surface area (Å²) >= 11 is 0.